The van der Waals surface area contributed by atoms with Crippen molar-refractivity contribution in [3.63, 3.8) is 0 Å². The van der Waals surface area contributed by atoms with Gasteiger partial charge in [-0.1, -0.05) is 58.0 Å². The average molecular weight is 261 g/mol. The zero-order valence-electron chi connectivity index (χ0n) is 12.0. The number of rotatable bonds is 2. The lowest BCUT2D eigenvalue weighted by molar-refractivity contribution is 0.867. The van der Waals surface area contributed by atoms with Crippen molar-refractivity contribution in [1.82, 2.24) is 4.98 Å². The molecule has 0 atom stereocenters. The van der Waals surface area contributed by atoms with Crippen LogP contribution in [0.1, 0.15) is 55.7 Å². The van der Waals surface area contributed by atoms with Crippen molar-refractivity contribution in [2.24, 2.45) is 0 Å². The van der Waals surface area contributed by atoms with Gasteiger partial charge >= 0.3 is 0 Å². The number of aryl methyl sites for hydroxylation is 1. The van der Waals surface area contributed by atoms with Gasteiger partial charge in [-0.15, -0.1) is 11.3 Å². The summed E-state index contributed by atoms with van der Waals surface area (Å²) in [5.74, 6) is 1.30. The van der Waals surface area contributed by atoms with Crippen LogP contribution in [-0.2, 0) is 0 Å². The van der Waals surface area contributed by atoms with Gasteiger partial charge in [0.15, 0.2) is 0 Å². The van der Waals surface area contributed by atoms with Gasteiger partial charge in [-0.05, 0) is 24.3 Å². The first-order chi connectivity index (χ1) is 8.52. The van der Waals surface area contributed by atoms with Gasteiger partial charge in [0.25, 0.3) is 0 Å². The van der Waals surface area contributed by atoms with Crippen molar-refractivity contribution < 1.29 is 0 Å². The highest BCUT2D eigenvalue weighted by atomic mass is 32.1. The summed E-state index contributed by atoms with van der Waals surface area (Å²) in [6, 6.07) is 10.5. The quantitative estimate of drug-likeness (QED) is 0.706. The van der Waals surface area contributed by atoms with Crippen LogP contribution in [0.5, 0.6) is 0 Å². The minimum Gasteiger partial charge on any atom is -0.250 e. The summed E-state index contributed by atoms with van der Waals surface area (Å²) in [5, 5.41) is 0. The molecule has 0 aliphatic rings. The van der Waals surface area contributed by atoms with Crippen LogP contribution in [0.3, 0.4) is 0 Å². The average Bonchev–Trinajstić information content (AvgIpc) is 2.77. The van der Waals surface area contributed by atoms with Gasteiger partial charge in [0, 0.05) is 4.88 Å². The second kappa shape index (κ2) is 7.32. The van der Waals surface area contributed by atoms with Crippen LogP contribution in [0.2, 0.25) is 0 Å². The van der Waals surface area contributed by atoms with Gasteiger partial charge in [0.2, 0.25) is 0 Å². The van der Waals surface area contributed by atoms with Crippen molar-refractivity contribution in [3.05, 3.63) is 52.0 Å². The summed E-state index contributed by atoms with van der Waals surface area (Å²) < 4.78 is 0. The molecule has 98 valence electrons. The van der Waals surface area contributed by atoms with E-state index in [2.05, 4.69) is 63.9 Å². The maximum absolute atomic E-state index is 4.16. The molecule has 18 heavy (non-hydrogen) atoms. The van der Waals surface area contributed by atoms with Gasteiger partial charge in [0.1, 0.15) is 0 Å². The van der Waals surface area contributed by atoms with E-state index in [1.54, 1.807) is 11.3 Å². The van der Waals surface area contributed by atoms with Gasteiger partial charge in [-0.25, -0.2) is 4.98 Å². The molecule has 1 heterocycles. The smallest absolute Gasteiger partial charge is 0.0797 e. The number of nitrogens with zero attached hydrogens (tertiary/aromatic N) is 1. The predicted octanol–water partition coefficient (Wildman–Crippen LogP) is 5.38. The van der Waals surface area contributed by atoms with E-state index in [1.165, 1.54) is 16.1 Å². The van der Waals surface area contributed by atoms with Crippen LogP contribution in [0.4, 0.5) is 0 Å². The predicted molar refractivity (Wildman–Crippen MR) is 81.5 cm³/mol. The van der Waals surface area contributed by atoms with Gasteiger partial charge in [0.05, 0.1) is 11.2 Å². The second-order valence-electron chi connectivity index (χ2n) is 5.02. The highest BCUT2D eigenvalue weighted by Crippen LogP contribution is 2.21. The van der Waals surface area contributed by atoms with Crippen LogP contribution in [0, 0.1) is 6.92 Å². The molecule has 0 unspecified atom stereocenters. The molecule has 2 aromatic rings. The molecule has 0 saturated heterocycles. The number of aromatic nitrogens is 1. The lowest BCUT2D eigenvalue weighted by Gasteiger charge is -2.01. The summed E-state index contributed by atoms with van der Waals surface area (Å²) in [7, 11) is 0. The Morgan fingerprint density at radius 3 is 1.83 bits per heavy atom. The number of hydrogen-bond donors (Lipinski definition) is 0. The molecule has 0 aliphatic carbocycles. The Balaban J connectivity index is 0.000000180. The number of benzene rings is 1. The number of thiazole rings is 1. The molecule has 2 heteroatoms. The Morgan fingerprint density at radius 1 is 0.944 bits per heavy atom. The molecule has 0 amide bonds. The van der Waals surface area contributed by atoms with Gasteiger partial charge < -0.3 is 0 Å². The second-order valence-corrected chi connectivity index (χ2v) is 5.91. The maximum atomic E-state index is 4.16. The third-order valence-corrected chi connectivity index (χ3v) is 4.00. The summed E-state index contributed by atoms with van der Waals surface area (Å²) >= 11 is 1.75. The van der Waals surface area contributed by atoms with Crippen LogP contribution in [-0.4, -0.2) is 4.98 Å². The highest BCUT2D eigenvalue weighted by Gasteiger charge is 2.03. The molecule has 1 aromatic heterocycles. The SMILES string of the molecule is CC(C)c1ccccc1.Cc1ncsc1C(C)C. The van der Waals surface area contributed by atoms with E-state index in [4.69, 9.17) is 0 Å². The first-order valence-corrected chi connectivity index (χ1v) is 7.35. The first-order valence-electron chi connectivity index (χ1n) is 6.47. The van der Waals surface area contributed by atoms with Crippen molar-refractivity contribution in [2.45, 2.75) is 46.5 Å². The number of hydrogen-bond acceptors (Lipinski definition) is 2. The minimum atomic E-state index is 0.637. The molecule has 0 N–H and O–H groups in total. The molecule has 0 fully saturated rings. The third kappa shape index (κ3) is 4.61. The first kappa shape index (κ1) is 14.9. The Hall–Kier alpha value is -1.15. The molecule has 0 saturated carbocycles. The largest absolute Gasteiger partial charge is 0.250 e. The Bertz CT molecular complexity index is 443. The van der Waals surface area contributed by atoms with E-state index in [0.29, 0.717) is 11.8 Å². The van der Waals surface area contributed by atoms with E-state index < -0.39 is 0 Å². The molecule has 1 nitrogen and oxygen atoms in total. The van der Waals surface area contributed by atoms with Crippen LogP contribution in [0.25, 0.3) is 0 Å². The highest BCUT2D eigenvalue weighted by molar-refractivity contribution is 7.09. The van der Waals surface area contributed by atoms with Crippen LogP contribution in [0.15, 0.2) is 35.8 Å². The summed E-state index contributed by atoms with van der Waals surface area (Å²) in [6.45, 7) is 10.9. The zero-order chi connectivity index (χ0) is 13.5. The van der Waals surface area contributed by atoms with E-state index in [-0.39, 0.29) is 0 Å². The van der Waals surface area contributed by atoms with E-state index >= 15 is 0 Å². The zero-order valence-corrected chi connectivity index (χ0v) is 12.8. The fraction of sp³-hybridized carbons (Fsp3) is 0.438. The molecule has 2 rings (SSSR count). The molecule has 0 radical (unpaired) electrons. The topological polar surface area (TPSA) is 12.9 Å². The Kier molecular flexibility index (Phi) is 6.06. The summed E-state index contributed by atoms with van der Waals surface area (Å²) in [6.07, 6.45) is 0. The fourth-order valence-corrected chi connectivity index (χ4v) is 2.52. The lowest BCUT2D eigenvalue weighted by Crippen LogP contribution is -1.84. The molecule has 0 spiro atoms. The normalized spacial score (nSPS) is 10.4. The molecular weight excluding hydrogens is 238 g/mol. The maximum Gasteiger partial charge on any atom is 0.0797 e. The van der Waals surface area contributed by atoms with Crippen molar-refractivity contribution in [3.8, 4) is 0 Å². The van der Waals surface area contributed by atoms with Crippen molar-refractivity contribution >= 4 is 11.3 Å². The van der Waals surface area contributed by atoms with Crippen molar-refractivity contribution in [2.75, 3.05) is 0 Å². The molecular formula is C16H23NS. The molecule has 1 aromatic carbocycles. The van der Waals surface area contributed by atoms with Crippen molar-refractivity contribution in [1.29, 1.82) is 0 Å². The standard InChI is InChI=1S/C9H12.C7H11NS/c1-8(2)9-6-4-3-5-7-9;1-5(2)7-6(3)8-4-9-7/h3-8H,1-2H3;4-5H,1-3H3. The Morgan fingerprint density at radius 2 is 1.56 bits per heavy atom. The minimum absolute atomic E-state index is 0.637. The van der Waals surface area contributed by atoms with E-state index in [0.717, 1.165) is 0 Å². The lowest BCUT2D eigenvalue weighted by atomic mass is 10.0. The van der Waals surface area contributed by atoms with Gasteiger partial charge in [-0.2, -0.15) is 0 Å². The summed E-state index contributed by atoms with van der Waals surface area (Å²) in [4.78, 5) is 5.57. The molecule has 0 aliphatic heterocycles. The van der Waals surface area contributed by atoms with Gasteiger partial charge in [-0.3, -0.25) is 0 Å². The Labute approximate surface area is 115 Å². The van der Waals surface area contributed by atoms with E-state index in [9.17, 15) is 0 Å². The third-order valence-electron chi connectivity index (χ3n) is 2.77. The van der Waals surface area contributed by atoms with Crippen LogP contribution < -0.4 is 0 Å². The summed E-state index contributed by atoms with van der Waals surface area (Å²) in [5.41, 5.74) is 4.51. The van der Waals surface area contributed by atoms with Crippen LogP contribution >= 0.6 is 11.3 Å². The van der Waals surface area contributed by atoms with E-state index in [1.807, 2.05) is 11.6 Å². The molecule has 0 bridgehead atoms. The monoisotopic (exact) mass is 261 g/mol. The fourth-order valence-electron chi connectivity index (χ4n) is 1.70.